The van der Waals surface area contributed by atoms with Crippen LogP contribution >= 0.6 is 0 Å². The second-order valence-corrected chi connectivity index (χ2v) is 4.72. The van der Waals surface area contributed by atoms with Gasteiger partial charge < -0.3 is 19.5 Å². The number of benzene rings is 2. The lowest BCUT2D eigenvalue weighted by Gasteiger charge is -2.09. The van der Waals surface area contributed by atoms with Gasteiger partial charge in [-0.1, -0.05) is 31.5 Å². The fraction of sp³-hybridized carbons (Fsp3) is 0.250. The van der Waals surface area contributed by atoms with Crippen molar-refractivity contribution in [3.8, 4) is 17.2 Å². The van der Waals surface area contributed by atoms with Gasteiger partial charge in [0, 0.05) is 6.07 Å². The quantitative estimate of drug-likeness (QED) is 0.606. The van der Waals surface area contributed by atoms with E-state index in [1.165, 1.54) is 0 Å². The number of ether oxygens (including phenoxy) is 2. The number of rotatable bonds is 7. The molecule has 0 atom stereocenters. The van der Waals surface area contributed by atoms with Crippen LogP contribution in [0.4, 0.5) is 0 Å². The van der Waals surface area contributed by atoms with Gasteiger partial charge in [0.15, 0.2) is 0 Å². The Morgan fingerprint density at radius 1 is 0.952 bits per heavy atom. The maximum Gasteiger partial charge on any atom is 0.488 e. The zero-order chi connectivity index (χ0) is 15.1. The van der Waals surface area contributed by atoms with E-state index >= 15 is 0 Å². The minimum Gasteiger partial charge on any atom is -0.493 e. The average molecular weight is 286 g/mol. The second kappa shape index (κ2) is 7.71. The van der Waals surface area contributed by atoms with E-state index in [0.717, 1.165) is 18.6 Å². The zero-order valence-electron chi connectivity index (χ0n) is 12.0. The van der Waals surface area contributed by atoms with Crippen molar-refractivity contribution < 1.29 is 19.5 Å². The molecule has 0 aliphatic carbocycles. The molecule has 0 aliphatic heterocycles. The van der Waals surface area contributed by atoms with Crippen molar-refractivity contribution in [1.82, 2.24) is 0 Å². The fourth-order valence-corrected chi connectivity index (χ4v) is 1.81. The van der Waals surface area contributed by atoms with Crippen LogP contribution in [0.1, 0.15) is 19.8 Å². The molecule has 0 fully saturated rings. The maximum absolute atomic E-state index is 9.04. The summed E-state index contributed by atoms with van der Waals surface area (Å²) in [5.74, 6) is 2.09. The normalized spacial score (nSPS) is 10.2. The van der Waals surface area contributed by atoms with E-state index in [9.17, 15) is 0 Å². The van der Waals surface area contributed by atoms with Crippen molar-refractivity contribution in [1.29, 1.82) is 0 Å². The van der Waals surface area contributed by atoms with E-state index in [0.29, 0.717) is 23.6 Å². The van der Waals surface area contributed by atoms with Crippen LogP contribution in [-0.4, -0.2) is 23.8 Å². The molecule has 0 bridgehead atoms. The summed E-state index contributed by atoms with van der Waals surface area (Å²) in [4.78, 5) is 0. The molecule has 2 rings (SSSR count). The average Bonchev–Trinajstić information content (AvgIpc) is 2.48. The number of hydrogen-bond donors (Lipinski definition) is 2. The minimum absolute atomic E-state index is 0.430. The van der Waals surface area contributed by atoms with Gasteiger partial charge >= 0.3 is 7.12 Å². The summed E-state index contributed by atoms with van der Waals surface area (Å²) in [6, 6.07) is 14.1. The topological polar surface area (TPSA) is 58.9 Å². The standard InChI is InChI=1S/C16H19BO4/c1-2-3-11-20-15-5-4-6-16(12-15)21-14-9-7-13(8-10-14)17(18)19/h4-10,12,18-19H,2-3,11H2,1H3. The number of unbranched alkanes of at least 4 members (excludes halogenated alkanes) is 1. The Balaban J connectivity index is 2.00. The Morgan fingerprint density at radius 2 is 1.67 bits per heavy atom. The van der Waals surface area contributed by atoms with Crippen molar-refractivity contribution >= 4 is 12.6 Å². The first-order valence-corrected chi connectivity index (χ1v) is 7.06. The summed E-state index contributed by atoms with van der Waals surface area (Å²) < 4.78 is 11.3. The summed E-state index contributed by atoms with van der Waals surface area (Å²) in [6.45, 7) is 2.82. The van der Waals surface area contributed by atoms with Crippen LogP contribution in [0.25, 0.3) is 0 Å². The summed E-state index contributed by atoms with van der Waals surface area (Å²) in [7, 11) is -1.46. The first kappa shape index (κ1) is 15.4. The molecule has 0 aromatic heterocycles. The van der Waals surface area contributed by atoms with Crippen LogP contribution < -0.4 is 14.9 Å². The van der Waals surface area contributed by atoms with E-state index in [2.05, 4.69) is 6.92 Å². The molecular weight excluding hydrogens is 267 g/mol. The smallest absolute Gasteiger partial charge is 0.488 e. The molecule has 2 aromatic carbocycles. The third kappa shape index (κ3) is 4.81. The molecule has 4 nitrogen and oxygen atoms in total. The van der Waals surface area contributed by atoms with Crippen molar-refractivity contribution in [2.75, 3.05) is 6.61 Å². The van der Waals surface area contributed by atoms with Gasteiger partial charge in [0.25, 0.3) is 0 Å². The molecule has 2 aromatic rings. The van der Waals surface area contributed by atoms with Crippen LogP contribution in [0.2, 0.25) is 0 Å². The molecular formula is C16H19BO4. The third-order valence-electron chi connectivity index (χ3n) is 2.99. The summed E-state index contributed by atoms with van der Waals surface area (Å²) in [6.07, 6.45) is 2.12. The molecule has 0 saturated heterocycles. The maximum atomic E-state index is 9.04. The van der Waals surface area contributed by atoms with Gasteiger partial charge in [-0.25, -0.2) is 0 Å². The van der Waals surface area contributed by atoms with Crippen molar-refractivity contribution in [2.45, 2.75) is 19.8 Å². The molecule has 110 valence electrons. The Morgan fingerprint density at radius 3 is 2.33 bits per heavy atom. The molecule has 2 N–H and O–H groups in total. The Kier molecular flexibility index (Phi) is 5.66. The molecule has 0 amide bonds. The zero-order valence-corrected chi connectivity index (χ0v) is 12.0. The summed E-state index contributed by atoms with van der Waals surface area (Å²) in [5.41, 5.74) is 0.430. The molecule has 21 heavy (non-hydrogen) atoms. The largest absolute Gasteiger partial charge is 0.493 e. The minimum atomic E-state index is -1.46. The van der Waals surface area contributed by atoms with Gasteiger partial charge in [0.05, 0.1) is 6.61 Å². The lowest BCUT2D eigenvalue weighted by Crippen LogP contribution is -2.29. The van der Waals surface area contributed by atoms with Crippen molar-refractivity contribution in [3.63, 3.8) is 0 Å². The Hall–Kier alpha value is -1.98. The molecule has 0 unspecified atom stereocenters. The van der Waals surface area contributed by atoms with E-state index in [4.69, 9.17) is 19.5 Å². The predicted octanol–water partition coefficient (Wildman–Crippen LogP) is 2.34. The highest BCUT2D eigenvalue weighted by Crippen LogP contribution is 2.24. The number of hydrogen-bond acceptors (Lipinski definition) is 4. The van der Waals surface area contributed by atoms with E-state index < -0.39 is 7.12 Å². The van der Waals surface area contributed by atoms with Crippen molar-refractivity contribution in [3.05, 3.63) is 48.5 Å². The SMILES string of the molecule is CCCCOc1cccc(Oc2ccc(B(O)O)cc2)c1. The first-order valence-electron chi connectivity index (χ1n) is 7.06. The molecule has 0 heterocycles. The second-order valence-electron chi connectivity index (χ2n) is 4.72. The molecule has 5 heteroatoms. The van der Waals surface area contributed by atoms with E-state index in [1.54, 1.807) is 24.3 Å². The highest BCUT2D eigenvalue weighted by atomic mass is 16.5. The fourth-order valence-electron chi connectivity index (χ4n) is 1.81. The Labute approximate surface area is 125 Å². The van der Waals surface area contributed by atoms with Gasteiger partial charge in [-0.2, -0.15) is 0 Å². The van der Waals surface area contributed by atoms with Gasteiger partial charge in [-0.3, -0.25) is 0 Å². The molecule has 0 spiro atoms. The Bertz CT molecular complexity index is 554. The monoisotopic (exact) mass is 286 g/mol. The first-order chi connectivity index (χ1) is 10.2. The molecule has 0 radical (unpaired) electrons. The van der Waals surface area contributed by atoms with Crippen LogP contribution in [-0.2, 0) is 0 Å². The highest BCUT2D eigenvalue weighted by Gasteiger charge is 2.10. The lowest BCUT2D eigenvalue weighted by atomic mass is 9.80. The molecule has 0 aliphatic rings. The van der Waals surface area contributed by atoms with E-state index in [-0.39, 0.29) is 0 Å². The van der Waals surface area contributed by atoms with Gasteiger partial charge in [-0.05, 0) is 36.1 Å². The summed E-state index contributed by atoms with van der Waals surface area (Å²) >= 11 is 0. The third-order valence-corrected chi connectivity index (χ3v) is 2.99. The highest BCUT2D eigenvalue weighted by molar-refractivity contribution is 6.58. The molecule has 0 saturated carbocycles. The van der Waals surface area contributed by atoms with Gasteiger partial charge in [0.2, 0.25) is 0 Å². The predicted molar refractivity (Wildman–Crippen MR) is 83.2 cm³/mol. The van der Waals surface area contributed by atoms with Crippen LogP contribution in [0.5, 0.6) is 17.2 Å². The lowest BCUT2D eigenvalue weighted by molar-refractivity contribution is 0.308. The van der Waals surface area contributed by atoms with Crippen molar-refractivity contribution in [2.24, 2.45) is 0 Å². The van der Waals surface area contributed by atoms with Crippen LogP contribution in [0, 0.1) is 0 Å². The van der Waals surface area contributed by atoms with Gasteiger partial charge in [0.1, 0.15) is 17.2 Å². The summed E-state index contributed by atoms with van der Waals surface area (Å²) in [5, 5.41) is 18.1. The van der Waals surface area contributed by atoms with Gasteiger partial charge in [-0.15, -0.1) is 0 Å². The van der Waals surface area contributed by atoms with Crippen LogP contribution in [0.3, 0.4) is 0 Å². The van der Waals surface area contributed by atoms with E-state index in [1.807, 2.05) is 24.3 Å². The van der Waals surface area contributed by atoms with Crippen LogP contribution in [0.15, 0.2) is 48.5 Å².